The van der Waals surface area contributed by atoms with Gasteiger partial charge in [0.25, 0.3) is 0 Å². The van der Waals surface area contributed by atoms with Gasteiger partial charge in [0.1, 0.15) is 24.1 Å². The van der Waals surface area contributed by atoms with Crippen LogP contribution in [0.15, 0.2) is 6.20 Å². The van der Waals surface area contributed by atoms with Gasteiger partial charge in [-0.1, -0.05) is 0 Å². The second-order valence-corrected chi connectivity index (χ2v) is 10.7. The quantitative estimate of drug-likeness (QED) is 0.136. The van der Waals surface area contributed by atoms with Crippen molar-refractivity contribution in [2.45, 2.75) is 31.1 Å². The molecule has 1 aromatic rings. The number of nitrogens with zero attached hydrogens (tertiary/aromatic N) is 2. The van der Waals surface area contributed by atoms with Crippen molar-refractivity contribution in [3.63, 3.8) is 0 Å². The summed E-state index contributed by atoms with van der Waals surface area (Å²) in [7, 11) is -16.7. The minimum atomic E-state index is -5.72. The van der Waals surface area contributed by atoms with E-state index in [0.717, 1.165) is 4.57 Å². The van der Waals surface area contributed by atoms with E-state index >= 15 is 0 Å². The molecule has 2 heterocycles. The van der Waals surface area contributed by atoms with E-state index in [1.54, 1.807) is 0 Å². The lowest BCUT2D eigenvalue weighted by Gasteiger charge is -2.20. The molecule has 1 saturated heterocycles. The molecular weight excluding hydrogens is 511 g/mol. The normalized spacial score (nSPS) is 28.2. The van der Waals surface area contributed by atoms with Crippen molar-refractivity contribution < 1.29 is 66.5 Å². The molecule has 3 unspecified atom stereocenters. The van der Waals surface area contributed by atoms with Crippen molar-refractivity contribution in [2.24, 2.45) is 0 Å². The molecule has 2 rings (SSSR count). The molecule has 9 N–H and O–H groups in total. The number of phosphoric ester groups is 1. The maximum atomic E-state index is 11.8. The van der Waals surface area contributed by atoms with Crippen molar-refractivity contribution in [3.8, 4) is 0 Å². The predicted octanol–water partition coefficient (Wildman–Crippen LogP) is -1.35. The van der Waals surface area contributed by atoms with Crippen LogP contribution in [0.4, 0.5) is 5.82 Å². The molecule has 0 aromatic carbocycles. The van der Waals surface area contributed by atoms with Crippen molar-refractivity contribution in [2.75, 3.05) is 12.3 Å². The van der Waals surface area contributed by atoms with Crippen LogP contribution < -0.4 is 5.73 Å². The van der Waals surface area contributed by atoms with E-state index in [0.29, 0.717) is 0 Å². The van der Waals surface area contributed by atoms with Crippen LogP contribution in [0.5, 0.6) is 0 Å². The summed E-state index contributed by atoms with van der Waals surface area (Å²) in [6.07, 6.45) is -5.10. The van der Waals surface area contributed by atoms with E-state index in [4.69, 9.17) is 37.4 Å². The third-order valence-corrected chi connectivity index (χ3v) is 7.77. The van der Waals surface area contributed by atoms with Gasteiger partial charge in [0.05, 0.1) is 13.2 Å². The molecule has 6 atom stereocenters. The fourth-order valence-corrected chi connectivity index (χ4v) is 5.68. The summed E-state index contributed by atoms with van der Waals surface area (Å²) < 4.78 is 51.3. The number of nitrogens with two attached hydrogens (primary N) is 1. The van der Waals surface area contributed by atoms with Crippen LogP contribution in [-0.2, 0) is 38.2 Å². The Kier molecular flexibility index (Phi) is 8.31. The molecule has 1 fully saturated rings. The van der Waals surface area contributed by atoms with Crippen LogP contribution in [0.25, 0.3) is 0 Å². The number of hydrogen-bond donors (Lipinski definition) is 8. The zero-order valence-corrected chi connectivity index (χ0v) is 18.5. The van der Waals surface area contributed by atoms with E-state index in [-0.39, 0.29) is 16.2 Å². The van der Waals surface area contributed by atoms with Gasteiger partial charge in [-0.25, -0.2) is 18.7 Å². The molecule has 0 aliphatic carbocycles. The maximum absolute atomic E-state index is 11.8. The summed E-state index contributed by atoms with van der Waals surface area (Å²) in [5.41, 5.74) is 5.69. The molecule has 178 valence electrons. The second kappa shape index (κ2) is 9.69. The van der Waals surface area contributed by atoms with Crippen molar-refractivity contribution in [3.05, 3.63) is 16.5 Å². The Morgan fingerprint density at radius 2 is 1.74 bits per heavy atom. The van der Waals surface area contributed by atoms with Crippen LogP contribution >= 0.6 is 35.7 Å². The number of hydrogen-bond acceptors (Lipinski definition) is 13. The van der Waals surface area contributed by atoms with Crippen molar-refractivity contribution >= 4 is 41.5 Å². The Morgan fingerprint density at radius 1 is 1.13 bits per heavy atom. The lowest BCUT2D eigenvalue weighted by Crippen LogP contribution is -2.33. The van der Waals surface area contributed by atoms with Crippen LogP contribution in [-0.4, -0.2) is 69.4 Å². The average Bonchev–Trinajstić information content (AvgIpc) is 2.85. The lowest BCUT2D eigenvalue weighted by molar-refractivity contribution is -0.0534. The first-order valence-corrected chi connectivity index (χ1v) is 12.8. The van der Waals surface area contributed by atoms with Crippen LogP contribution in [0.2, 0.25) is 0 Å². The van der Waals surface area contributed by atoms with Gasteiger partial charge in [-0.15, -0.1) is 0 Å². The lowest BCUT2D eigenvalue weighted by atomic mass is 10.1. The van der Waals surface area contributed by atoms with Crippen molar-refractivity contribution in [1.82, 2.24) is 9.55 Å². The van der Waals surface area contributed by atoms with Crippen molar-refractivity contribution in [1.29, 1.82) is 0 Å². The highest BCUT2D eigenvalue weighted by Crippen LogP contribution is 2.66. The van der Waals surface area contributed by atoms with E-state index in [1.165, 1.54) is 6.20 Å². The highest BCUT2D eigenvalue weighted by Gasteiger charge is 2.46. The SMILES string of the molecule is Nc1nc(=S)n([C@@H]2O[C@H](COP(=O)(O)OP(=O)(O)OP(=O)(O)O)C(O)[C@@H]2O)cc1CO. The summed E-state index contributed by atoms with van der Waals surface area (Å²) in [6.45, 7) is -1.53. The molecule has 0 bridgehead atoms. The number of aliphatic hydroxyl groups is 3. The Labute approximate surface area is 178 Å². The van der Waals surface area contributed by atoms with Crippen LogP contribution in [0.1, 0.15) is 11.8 Å². The number of nitrogen functional groups attached to an aromatic ring is 1. The molecule has 0 spiro atoms. The maximum Gasteiger partial charge on any atom is 0.490 e. The first-order chi connectivity index (χ1) is 14.1. The van der Waals surface area contributed by atoms with Gasteiger partial charge >= 0.3 is 23.5 Å². The van der Waals surface area contributed by atoms with Gasteiger partial charge in [0, 0.05) is 11.8 Å². The molecule has 17 nitrogen and oxygen atoms in total. The third kappa shape index (κ3) is 7.17. The van der Waals surface area contributed by atoms with Gasteiger partial charge in [-0.3, -0.25) is 9.09 Å². The Hall–Kier alpha value is -0.650. The van der Waals surface area contributed by atoms with Crippen LogP contribution in [0, 0.1) is 4.77 Å². The summed E-state index contributed by atoms with van der Waals surface area (Å²) in [4.78, 5) is 39.3. The number of rotatable bonds is 9. The summed E-state index contributed by atoms with van der Waals surface area (Å²) in [6, 6.07) is 0. The van der Waals surface area contributed by atoms with Gasteiger partial charge in [-0.05, 0) is 12.2 Å². The molecule has 21 heteroatoms. The Morgan fingerprint density at radius 3 is 2.29 bits per heavy atom. The summed E-state index contributed by atoms with van der Waals surface area (Å²) >= 11 is 4.99. The molecule has 31 heavy (non-hydrogen) atoms. The highest BCUT2D eigenvalue weighted by atomic mass is 32.1. The monoisotopic (exact) mass is 529 g/mol. The topological polar surface area (TPSA) is 274 Å². The fourth-order valence-electron chi connectivity index (χ4n) is 2.39. The zero-order valence-electron chi connectivity index (χ0n) is 15.0. The third-order valence-electron chi connectivity index (χ3n) is 3.66. The molecule has 1 aliphatic heterocycles. The molecule has 1 aliphatic rings. The number of aromatic nitrogens is 2. The number of ether oxygens (including phenoxy) is 1. The number of phosphoric acid groups is 3. The first-order valence-electron chi connectivity index (χ1n) is 7.83. The Balaban J connectivity index is 2.11. The van der Waals surface area contributed by atoms with Gasteiger partial charge < -0.3 is 45.4 Å². The van der Waals surface area contributed by atoms with E-state index in [2.05, 4.69) is 18.1 Å². The van der Waals surface area contributed by atoms with Gasteiger partial charge in [0.15, 0.2) is 6.23 Å². The molecular formula is C10H18N3O14P3S. The molecule has 1 aromatic heterocycles. The van der Waals surface area contributed by atoms with Gasteiger partial charge in [0.2, 0.25) is 4.77 Å². The standard InChI is InChI=1S/C10H18N3O14P3S/c11-8-4(2-14)1-13(10(31)12-8)9-7(16)6(15)5(25-9)3-24-29(20,21)27-30(22,23)26-28(17,18)19/h1,5-7,9,14-16H,2-3H2,(H,20,21)(H,22,23)(H2,11,12,31)(H2,17,18,19)/t5-,6?,7+,9-/m1/s1. The average molecular weight is 529 g/mol. The Bertz CT molecular complexity index is 1010. The van der Waals surface area contributed by atoms with Gasteiger partial charge in [-0.2, -0.15) is 8.62 Å². The second-order valence-electron chi connectivity index (χ2n) is 5.93. The van der Waals surface area contributed by atoms with E-state index < -0.39 is 61.2 Å². The summed E-state index contributed by atoms with van der Waals surface area (Å²) in [5.74, 6) is -0.0824. The van der Waals surface area contributed by atoms with Crippen LogP contribution in [0.3, 0.4) is 0 Å². The molecule has 0 saturated carbocycles. The first kappa shape index (κ1) is 26.6. The number of aliphatic hydroxyl groups excluding tert-OH is 3. The smallest absolute Gasteiger partial charge is 0.391 e. The molecule has 0 amide bonds. The minimum absolute atomic E-state index is 0.0824. The zero-order chi connectivity index (χ0) is 23.8. The largest absolute Gasteiger partial charge is 0.490 e. The molecule has 0 radical (unpaired) electrons. The van der Waals surface area contributed by atoms with E-state index in [9.17, 15) is 33.9 Å². The number of anilines is 1. The highest BCUT2D eigenvalue weighted by molar-refractivity contribution is 7.71. The summed E-state index contributed by atoms with van der Waals surface area (Å²) in [5, 5.41) is 29.6. The predicted molar refractivity (Wildman–Crippen MR) is 99.1 cm³/mol. The minimum Gasteiger partial charge on any atom is -0.391 e. The van der Waals surface area contributed by atoms with E-state index in [1.807, 2.05) is 0 Å². The fraction of sp³-hybridized carbons (Fsp3) is 0.600.